The molecule has 0 unspecified atom stereocenters. The minimum absolute atomic E-state index is 0. The molecule has 2 aromatic rings. The average molecular weight is 428 g/mol. The van der Waals surface area contributed by atoms with Crippen molar-refractivity contribution in [2.75, 3.05) is 31.1 Å². The van der Waals surface area contributed by atoms with E-state index in [1.165, 1.54) is 0 Å². The maximum atomic E-state index is 6.08. The van der Waals surface area contributed by atoms with E-state index in [9.17, 15) is 0 Å². The molecule has 124 valence electrons. The van der Waals surface area contributed by atoms with E-state index in [2.05, 4.69) is 29.9 Å². The molecule has 0 amide bonds. The Labute approximate surface area is 152 Å². The van der Waals surface area contributed by atoms with Crippen molar-refractivity contribution in [3.63, 3.8) is 0 Å². The summed E-state index contributed by atoms with van der Waals surface area (Å²) in [7, 11) is 1.89. The van der Waals surface area contributed by atoms with Gasteiger partial charge in [-0.3, -0.25) is 4.68 Å². The second kappa shape index (κ2) is 8.09. The predicted octanol–water partition coefficient (Wildman–Crippen LogP) is 0.465. The van der Waals surface area contributed by atoms with Crippen LogP contribution in [-0.4, -0.2) is 56.8 Å². The first-order valence-electron chi connectivity index (χ1n) is 7.28. The van der Waals surface area contributed by atoms with Crippen LogP contribution in [0.1, 0.15) is 5.69 Å². The van der Waals surface area contributed by atoms with E-state index in [0.29, 0.717) is 12.5 Å². The molecule has 8 nitrogen and oxygen atoms in total. The number of halogens is 1. The molecule has 0 spiro atoms. The first kappa shape index (κ1) is 17.4. The molecule has 1 aliphatic heterocycles. The van der Waals surface area contributed by atoms with Crippen molar-refractivity contribution in [1.29, 1.82) is 0 Å². The maximum absolute atomic E-state index is 6.08. The third kappa shape index (κ3) is 4.53. The highest BCUT2D eigenvalue weighted by Gasteiger charge is 2.19. The van der Waals surface area contributed by atoms with Gasteiger partial charge in [0.15, 0.2) is 5.96 Å². The van der Waals surface area contributed by atoms with E-state index in [1.54, 1.807) is 17.1 Å². The fraction of sp³-hybridized carbons (Fsp3) is 0.429. The number of piperazine rings is 1. The Morgan fingerprint density at radius 1 is 1.22 bits per heavy atom. The summed E-state index contributed by atoms with van der Waals surface area (Å²) >= 11 is 0. The van der Waals surface area contributed by atoms with Gasteiger partial charge < -0.3 is 15.5 Å². The van der Waals surface area contributed by atoms with Crippen molar-refractivity contribution < 1.29 is 0 Å². The number of aliphatic imine (C=N–C) groups is 1. The van der Waals surface area contributed by atoms with Crippen LogP contribution >= 0.6 is 24.0 Å². The Hall–Kier alpha value is -1.91. The highest BCUT2D eigenvalue weighted by molar-refractivity contribution is 14.0. The van der Waals surface area contributed by atoms with Gasteiger partial charge in [0, 0.05) is 51.8 Å². The monoisotopic (exact) mass is 428 g/mol. The molecule has 2 N–H and O–H groups in total. The largest absolute Gasteiger partial charge is 0.370 e. The molecule has 0 aliphatic carbocycles. The minimum atomic E-state index is 0. The molecule has 0 aromatic carbocycles. The summed E-state index contributed by atoms with van der Waals surface area (Å²) in [4.78, 5) is 17.2. The molecular formula is C14H21IN8. The zero-order valence-electron chi connectivity index (χ0n) is 13.0. The average Bonchev–Trinajstić information content (AvgIpc) is 2.99. The van der Waals surface area contributed by atoms with Crippen molar-refractivity contribution >= 4 is 35.9 Å². The molecule has 1 saturated heterocycles. The van der Waals surface area contributed by atoms with Gasteiger partial charge in [-0.15, -0.1) is 24.0 Å². The lowest BCUT2D eigenvalue weighted by Gasteiger charge is -2.35. The summed E-state index contributed by atoms with van der Waals surface area (Å²) < 4.78 is 1.76. The summed E-state index contributed by atoms with van der Waals surface area (Å²) in [5.74, 6) is 1.34. The minimum Gasteiger partial charge on any atom is -0.370 e. The molecule has 0 bridgehead atoms. The number of guanidine groups is 1. The molecule has 3 heterocycles. The lowest BCUT2D eigenvalue weighted by atomic mass is 10.3. The molecule has 0 radical (unpaired) electrons. The third-order valence-electron chi connectivity index (χ3n) is 3.61. The standard InChI is InChI=1S/C14H20N8.HI/c1-20-6-3-12(19-20)11-18-13(15)21-7-9-22(10-8-21)14-16-4-2-5-17-14;/h2-6H,7-11H2,1H3,(H2,15,18);1H. The fourth-order valence-electron chi connectivity index (χ4n) is 2.40. The van der Waals surface area contributed by atoms with Gasteiger partial charge in [-0.2, -0.15) is 5.10 Å². The Balaban J connectivity index is 0.00000192. The Morgan fingerprint density at radius 3 is 2.52 bits per heavy atom. The van der Waals surface area contributed by atoms with Crippen molar-refractivity contribution in [3.05, 3.63) is 36.4 Å². The van der Waals surface area contributed by atoms with Gasteiger partial charge >= 0.3 is 0 Å². The summed E-state index contributed by atoms with van der Waals surface area (Å²) in [6.45, 7) is 3.81. The molecule has 2 aromatic heterocycles. The van der Waals surface area contributed by atoms with Gasteiger partial charge in [-0.25, -0.2) is 15.0 Å². The van der Waals surface area contributed by atoms with Gasteiger partial charge in [0.25, 0.3) is 0 Å². The number of aryl methyl sites for hydroxylation is 1. The van der Waals surface area contributed by atoms with Crippen molar-refractivity contribution in [2.45, 2.75) is 6.54 Å². The lowest BCUT2D eigenvalue weighted by molar-refractivity contribution is 0.378. The molecular weight excluding hydrogens is 407 g/mol. The van der Waals surface area contributed by atoms with Crippen LogP contribution in [-0.2, 0) is 13.6 Å². The molecule has 3 rings (SSSR count). The topological polar surface area (TPSA) is 88.5 Å². The smallest absolute Gasteiger partial charge is 0.225 e. The fourth-order valence-corrected chi connectivity index (χ4v) is 2.40. The van der Waals surface area contributed by atoms with Crippen LogP contribution in [0.25, 0.3) is 0 Å². The van der Waals surface area contributed by atoms with Crippen LogP contribution < -0.4 is 10.6 Å². The molecule has 1 fully saturated rings. The summed E-state index contributed by atoms with van der Waals surface area (Å²) in [6.07, 6.45) is 5.43. The van der Waals surface area contributed by atoms with Crippen LogP contribution in [0, 0.1) is 0 Å². The Bertz CT molecular complexity index is 633. The molecule has 0 atom stereocenters. The Kier molecular flexibility index (Phi) is 6.13. The third-order valence-corrected chi connectivity index (χ3v) is 3.61. The van der Waals surface area contributed by atoms with Gasteiger partial charge in [-0.1, -0.05) is 0 Å². The van der Waals surface area contributed by atoms with E-state index < -0.39 is 0 Å². The number of nitrogens with zero attached hydrogens (tertiary/aromatic N) is 7. The number of nitrogens with two attached hydrogens (primary N) is 1. The molecule has 9 heteroatoms. The van der Waals surface area contributed by atoms with Gasteiger partial charge in [0.1, 0.15) is 0 Å². The number of hydrogen-bond donors (Lipinski definition) is 1. The summed E-state index contributed by atoms with van der Waals surface area (Å²) in [5, 5.41) is 4.29. The van der Waals surface area contributed by atoms with Gasteiger partial charge in [-0.05, 0) is 12.1 Å². The van der Waals surface area contributed by atoms with Gasteiger partial charge in [0.05, 0.1) is 12.2 Å². The van der Waals surface area contributed by atoms with Crippen molar-refractivity contribution in [3.8, 4) is 0 Å². The normalized spacial score (nSPS) is 15.4. The SMILES string of the molecule is Cn1ccc(CN=C(N)N2CCN(c3ncccn3)CC2)n1.I. The molecule has 0 saturated carbocycles. The van der Waals surface area contributed by atoms with E-state index in [1.807, 2.05) is 25.4 Å². The molecule has 23 heavy (non-hydrogen) atoms. The van der Waals surface area contributed by atoms with Gasteiger partial charge in [0.2, 0.25) is 5.95 Å². The zero-order chi connectivity index (χ0) is 15.4. The number of rotatable bonds is 3. The van der Waals surface area contributed by atoms with E-state index in [0.717, 1.165) is 37.8 Å². The second-order valence-corrected chi connectivity index (χ2v) is 5.18. The van der Waals surface area contributed by atoms with Crippen LogP contribution in [0.5, 0.6) is 0 Å². The predicted molar refractivity (Wildman–Crippen MR) is 99.8 cm³/mol. The maximum Gasteiger partial charge on any atom is 0.225 e. The lowest BCUT2D eigenvalue weighted by Crippen LogP contribution is -2.51. The van der Waals surface area contributed by atoms with Crippen LogP contribution in [0.3, 0.4) is 0 Å². The van der Waals surface area contributed by atoms with Crippen molar-refractivity contribution in [1.82, 2.24) is 24.6 Å². The summed E-state index contributed by atoms with van der Waals surface area (Å²) in [6, 6.07) is 3.77. The second-order valence-electron chi connectivity index (χ2n) is 5.18. The highest BCUT2D eigenvalue weighted by Crippen LogP contribution is 2.09. The first-order chi connectivity index (χ1) is 10.7. The number of aromatic nitrogens is 4. The van der Waals surface area contributed by atoms with Crippen LogP contribution in [0.15, 0.2) is 35.7 Å². The zero-order valence-corrected chi connectivity index (χ0v) is 15.4. The van der Waals surface area contributed by atoms with E-state index in [-0.39, 0.29) is 24.0 Å². The molecule has 1 aliphatic rings. The van der Waals surface area contributed by atoms with E-state index in [4.69, 9.17) is 5.73 Å². The van der Waals surface area contributed by atoms with E-state index >= 15 is 0 Å². The van der Waals surface area contributed by atoms with Crippen LogP contribution in [0.4, 0.5) is 5.95 Å². The van der Waals surface area contributed by atoms with Crippen molar-refractivity contribution in [2.24, 2.45) is 17.8 Å². The van der Waals surface area contributed by atoms with Crippen LogP contribution in [0.2, 0.25) is 0 Å². The highest BCUT2D eigenvalue weighted by atomic mass is 127. The number of hydrogen-bond acceptors (Lipinski definition) is 5. The summed E-state index contributed by atoms with van der Waals surface area (Å²) in [5.41, 5.74) is 7.00. The first-order valence-corrected chi connectivity index (χ1v) is 7.28. The number of anilines is 1. The Morgan fingerprint density at radius 2 is 1.91 bits per heavy atom. The quantitative estimate of drug-likeness (QED) is 0.435.